The first-order chi connectivity index (χ1) is 16.2. The highest BCUT2D eigenvalue weighted by molar-refractivity contribution is 7.89. The van der Waals surface area contributed by atoms with Crippen molar-refractivity contribution in [3.05, 3.63) is 63.7 Å². The zero-order valence-electron chi connectivity index (χ0n) is 20.4. The van der Waals surface area contributed by atoms with Crippen LogP contribution in [0.5, 0.6) is 0 Å². The van der Waals surface area contributed by atoms with Crippen LogP contribution in [0.15, 0.2) is 47.4 Å². The molecule has 0 bridgehead atoms. The van der Waals surface area contributed by atoms with Crippen LogP contribution >= 0.6 is 0 Å². The summed E-state index contributed by atoms with van der Waals surface area (Å²) >= 11 is 0. The van der Waals surface area contributed by atoms with Crippen LogP contribution in [0.3, 0.4) is 0 Å². The fourth-order valence-corrected chi connectivity index (χ4v) is 5.20. The fraction of sp³-hybridized carbons (Fsp3) is 0.520. The van der Waals surface area contributed by atoms with Crippen LogP contribution in [0.2, 0.25) is 0 Å². The molecule has 0 aliphatic carbocycles. The van der Waals surface area contributed by atoms with Gasteiger partial charge in [-0.3, -0.25) is 10.1 Å². The molecule has 2 rings (SSSR count). The van der Waals surface area contributed by atoms with E-state index < -0.39 is 14.9 Å². The predicted molar refractivity (Wildman–Crippen MR) is 136 cm³/mol. The maximum atomic E-state index is 13.1. The Morgan fingerprint density at radius 2 is 1.82 bits per heavy atom. The lowest BCUT2D eigenvalue weighted by Gasteiger charge is -2.18. The first-order valence-corrected chi connectivity index (χ1v) is 13.3. The van der Waals surface area contributed by atoms with Crippen LogP contribution in [-0.2, 0) is 16.4 Å². The van der Waals surface area contributed by atoms with Gasteiger partial charge in [0.2, 0.25) is 10.0 Å². The normalized spacial score (nSPS) is 12.5. The molecule has 0 saturated carbocycles. The number of nitrogens with zero attached hydrogens (tertiary/aromatic N) is 2. The average molecular weight is 492 g/mol. The molecule has 188 valence electrons. The summed E-state index contributed by atoms with van der Waals surface area (Å²) in [6, 6.07) is 11.4. The first kappa shape index (κ1) is 27.8. The summed E-state index contributed by atoms with van der Waals surface area (Å²) in [6.45, 7) is 2.62. The maximum absolute atomic E-state index is 13.1. The summed E-state index contributed by atoms with van der Waals surface area (Å²) < 4.78 is 28.9. The molecule has 1 unspecified atom stereocenters. The average Bonchev–Trinajstić information content (AvgIpc) is 2.80. The van der Waals surface area contributed by atoms with E-state index in [1.807, 2.05) is 25.1 Å². The number of non-ortho nitro benzene ring substituents is 1. The summed E-state index contributed by atoms with van der Waals surface area (Å²) in [5.74, 6) is 0.275. The quantitative estimate of drug-likeness (QED) is 0.215. The minimum atomic E-state index is -3.75. The minimum Gasteiger partial charge on any atom is -0.396 e. The van der Waals surface area contributed by atoms with Crippen LogP contribution in [0.25, 0.3) is 0 Å². The number of nitro benzene ring substituents is 1. The number of nitro groups is 1. The predicted octanol–water partition coefficient (Wildman–Crippen LogP) is 4.50. The van der Waals surface area contributed by atoms with Gasteiger partial charge in [0.1, 0.15) is 0 Å². The van der Waals surface area contributed by atoms with Crippen molar-refractivity contribution >= 4 is 21.4 Å². The Morgan fingerprint density at radius 1 is 1.09 bits per heavy atom. The van der Waals surface area contributed by atoms with Crippen molar-refractivity contribution in [2.45, 2.75) is 56.8 Å². The smallest absolute Gasteiger partial charge is 0.269 e. The van der Waals surface area contributed by atoms with Crippen LogP contribution in [0.1, 0.15) is 56.6 Å². The second-order valence-corrected chi connectivity index (χ2v) is 10.6. The Labute approximate surface area is 203 Å². The molecule has 0 radical (unpaired) electrons. The van der Waals surface area contributed by atoms with Crippen LogP contribution in [0, 0.1) is 16.0 Å². The summed E-state index contributed by atoms with van der Waals surface area (Å²) in [5, 5.41) is 20.6. The molecule has 0 saturated heterocycles. The highest BCUT2D eigenvalue weighted by Crippen LogP contribution is 2.26. The molecule has 0 aliphatic rings. The van der Waals surface area contributed by atoms with Crippen molar-refractivity contribution < 1.29 is 18.4 Å². The van der Waals surface area contributed by atoms with Gasteiger partial charge in [0.15, 0.2) is 0 Å². The zero-order valence-corrected chi connectivity index (χ0v) is 21.2. The molecule has 8 nitrogen and oxygen atoms in total. The van der Waals surface area contributed by atoms with Crippen molar-refractivity contribution in [1.29, 1.82) is 0 Å². The Hall–Kier alpha value is -2.49. The van der Waals surface area contributed by atoms with Crippen molar-refractivity contribution in [3.8, 4) is 0 Å². The number of nitrogens with one attached hydrogen (secondary N) is 1. The summed E-state index contributed by atoms with van der Waals surface area (Å²) in [7, 11) is -0.00405. The van der Waals surface area contributed by atoms with Gasteiger partial charge in [-0.25, -0.2) is 13.1 Å². The third-order valence-electron chi connectivity index (χ3n) is 5.92. The SMILES string of the molecule is CCCCC(CO)CCCCNS(=O)(=O)c1ccc(N(C)C)cc1Cc1cccc([N+](=O)[O-])c1. The molecule has 9 heteroatoms. The summed E-state index contributed by atoms with van der Waals surface area (Å²) in [6.07, 6.45) is 5.87. The van der Waals surface area contributed by atoms with E-state index in [0.29, 0.717) is 24.1 Å². The van der Waals surface area contributed by atoms with Gasteiger partial charge in [-0.15, -0.1) is 0 Å². The molecule has 0 aromatic heterocycles. The molecular formula is C25H37N3O5S. The number of benzene rings is 2. The minimum absolute atomic E-state index is 0.0242. The molecule has 34 heavy (non-hydrogen) atoms. The number of aliphatic hydroxyl groups is 1. The van der Waals surface area contributed by atoms with E-state index >= 15 is 0 Å². The van der Waals surface area contributed by atoms with Crippen LogP contribution in [-0.4, -0.2) is 45.7 Å². The lowest BCUT2D eigenvalue weighted by Crippen LogP contribution is -2.26. The van der Waals surface area contributed by atoms with Crippen molar-refractivity contribution in [2.75, 3.05) is 32.1 Å². The number of hydrogen-bond donors (Lipinski definition) is 2. The number of hydrogen-bond acceptors (Lipinski definition) is 6. The first-order valence-electron chi connectivity index (χ1n) is 11.8. The van der Waals surface area contributed by atoms with E-state index in [4.69, 9.17) is 0 Å². The van der Waals surface area contributed by atoms with Gasteiger partial charge in [-0.2, -0.15) is 0 Å². The van der Waals surface area contributed by atoms with E-state index in [1.165, 1.54) is 12.1 Å². The molecule has 0 spiro atoms. The highest BCUT2D eigenvalue weighted by atomic mass is 32.2. The monoisotopic (exact) mass is 491 g/mol. The van der Waals surface area contributed by atoms with E-state index in [2.05, 4.69) is 11.6 Å². The third kappa shape index (κ3) is 8.38. The van der Waals surface area contributed by atoms with Gasteiger partial charge < -0.3 is 10.0 Å². The Morgan fingerprint density at radius 3 is 2.47 bits per heavy atom. The molecule has 0 fully saturated rings. The van der Waals surface area contributed by atoms with Gasteiger partial charge in [-0.1, -0.05) is 38.3 Å². The summed E-state index contributed by atoms with van der Waals surface area (Å²) in [4.78, 5) is 12.8. The molecule has 2 N–H and O–H groups in total. The number of aliphatic hydroxyl groups excluding tert-OH is 1. The highest BCUT2D eigenvalue weighted by Gasteiger charge is 2.20. The Kier molecular flexibility index (Phi) is 10.9. The Bertz CT molecular complexity index is 1040. The van der Waals surface area contributed by atoms with E-state index in [1.54, 1.807) is 24.3 Å². The molecule has 0 heterocycles. The topological polar surface area (TPSA) is 113 Å². The van der Waals surface area contributed by atoms with E-state index in [0.717, 1.165) is 37.8 Å². The maximum Gasteiger partial charge on any atom is 0.269 e. The van der Waals surface area contributed by atoms with Gasteiger partial charge in [-0.05, 0) is 60.9 Å². The molecule has 0 aliphatic heterocycles. The molecular weight excluding hydrogens is 454 g/mol. The van der Waals surface area contributed by atoms with Gasteiger partial charge in [0.25, 0.3) is 5.69 Å². The second-order valence-electron chi connectivity index (χ2n) is 8.87. The number of anilines is 1. The third-order valence-corrected chi connectivity index (χ3v) is 7.48. The lowest BCUT2D eigenvalue weighted by atomic mass is 9.97. The van der Waals surface area contributed by atoms with E-state index in [9.17, 15) is 23.6 Å². The lowest BCUT2D eigenvalue weighted by molar-refractivity contribution is -0.384. The van der Waals surface area contributed by atoms with Crippen molar-refractivity contribution in [2.24, 2.45) is 5.92 Å². The zero-order chi connectivity index (χ0) is 25.1. The molecule has 2 aromatic rings. The second kappa shape index (κ2) is 13.4. The van der Waals surface area contributed by atoms with E-state index in [-0.39, 0.29) is 29.5 Å². The molecule has 1 atom stereocenters. The molecule has 0 amide bonds. The summed E-state index contributed by atoms with van der Waals surface area (Å²) in [5.41, 5.74) is 2.08. The number of rotatable bonds is 15. The largest absolute Gasteiger partial charge is 0.396 e. The van der Waals surface area contributed by atoms with Gasteiger partial charge in [0, 0.05) is 45.1 Å². The fourth-order valence-electron chi connectivity index (χ4n) is 3.91. The van der Waals surface area contributed by atoms with Crippen molar-refractivity contribution in [3.63, 3.8) is 0 Å². The van der Waals surface area contributed by atoms with Crippen LogP contribution in [0.4, 0.5) is 11.4 Å². The molecule has 2 aromatic carbocycles. The van der Waals surface area contributed by atoms with Gasteiger partial charge in [0.05, 0.1) is 9.82 Å². The van der Waals surface area contributed by atoms with Gasteiger partial charge >= 0.3 is 0 Å². The Balaban J connectivity index is 2.13. The van der Waals surface area contributed by atoms with Crippen molar-refractivity contribution in [1.82, 2.24) is 4.72 Å². The number of unbranched alkanes of at least 4 members (excludes halogenated alkanes) is 2. The van der Waals surface area contributed by atoms with Crippen LogP contribution < -0.4 is 9.62 Å². The standard InChI is InChI=1S/C25H37N3O5S/c1-4-5-9-20(19-29)10-6-7-15-26-34(32,33)25-14-13-23(27(2)3)18-22(25)16-21-11-8-12-24(17-21)28(30)31/h8,11-14,17-18,20,26,29H,4-7,9-10,15-16,19H2,1-3H3. The number of sulfonamides is 1.